The minimum Gasteiger partial charge on any atom is -0.481 e. The highest BCUT2D eigenvalue weighted by atomic mass is 16.4. The zero-order valence-corrected chi connectivity index (χ0v) is 11.0. The second kappa shape index (κ2) is 4.90. The Bertz CT molecular complexity index is 569. The van der Waals surface area contributed by atoms with Gasteiger partial charge < -0.3 is 15.5 Å². The SMILES string of the molecule is O=C1Cc2cc(C(O)C3CCCC3C(=O)O)ccc2N1. The van der Waals surface area contributed by atoms with Crippen molar-refractivity contribution in [2.24, 2.45) is 11.8 Å². The molecule has 0 aromatic heterocycles. The maximum atomic E-state index is 11.3. The summed E-state index contributed by atoms with van der Waals surface area (Å²) < 4.78 is 0. The van der Waals surface area contributed by atoms with Gasteiger partial charge in [0.2, 0.25) is 5.91 Å². The first kappa shape index (κ1) is 13.1. The second-order valence-electron chi connectivity index (χ2n) is 5.63. The molecule has 1 aromatic rings. The number of rotatable bonds is 3. The lowest BCUT2D eigenvalue weighted by molar-refractivity contribution is -0.144. The average Bonchev–Trinajstić information content (AvgIpc) is 3.01. The summed E-state index contributed by atoms with van der Waals surface area (Å²) in [6, 6.07) is 5.37. The number of carbonyl (C=O) groups is 2. The first-order valence-electron chi connectivity index (χ1n) is 6.90. The summed E-state index contributed by atoms with van der Waals surface area (Å²) in [5, 5.41) is 22.4. The van der Waals surface area contributed by atoms with Gasteiger partial charge in [0, 0.05) is 11.6 Å². The van der Waals surface area contributed by atoms with Crippen LogP contribution >= 0.6 is 0 Å². The third-order valence-electron chi connectivity index (χ3n) is 4.39. The minimum absolute atomic E-state index is 0.0454. The van der Waals surface area contributed by atoms with Crippen LogP contribution in [0.1, 0.15) is 36.5 Å². The molecule has 3 N–H and O–H groups in total. The monoisotopic (exact) mass is 275 g/mol. The number of hydrogen-bond acceptors (Lipinski definition) is 3. The highest BCUT2D eigenvalue weighted by molar-refractivity contribution is 5.99. The van der Waals surface area contributed by atoms with Gasteiger partial charge in [-0.05, 0) is 30.0 Å². The molecule has 3 rings (SSSR count). The zero-order chi connectivity index (χ0) is 14.3. The maximum absolute atomic E-state index is 11.3. The Hall–Kier alpha value is -1.88. The largest absolute Gasteiger partial charge is 0.481 e. The summed E-state index contributed by atoms with van der Waals surface area (Å²) in [5.74, 6) is -1.59. The van der Waals surface area contributed by atoms with E-state index in [0.29, 0.717) is 18.4 Å². The van der Waals surface area contributed by atoms with Crippen LogP contribution in [0.4, 0.5) is 5.69 Å². The van der Waals surface area contributed by atoms with Gasteiger partial charge in [-0.2, -0.15) is 0 Å². The molecule has 3 atom stereocenters. The summed E-state index contributed by atoms with van der Waals surface area (Å²) in [4.78, 5) is 22.5. The average molecular weight is 275 g/mol. The smallest absolute Gasteiger partial charge is 0.306 e. The molecule has 1 aliphatic heterocycles. The number of fused-ring (bicyclic) bond motifs is 1. The molecule has 1 heterocycles. The molecule has 5 nitrogen and oxygen atoms in total. The van der Waals surface area contributed by atoms with E-state index in [-0.39, 0.29) is 11.8 Å². The van der Waals surface area contributed by atoms with Crippen molar-refractivity contribution in [2.75, 3.05) is 5.32 Å². The lowest BCUT2D eigenvalue weighted by Crippen LogP contribution is -2.23. The topological polar surface area (TPSA) is 86.6 Å². The van der Waals surface area contributed by atoms with Gasteiger partial charge in [-0.3, -0.25) is 9.59 Å². The fourth-order valence-corrected chi connectivity index (χ4v) is 3.35. The van der Waals surface area contributed by atoms with Gasteiger partial charge in [0.15, 0.2) is 0 Å². The van der Waals surface area contributed by atoms with Crippen LogP contribution in [0.3, 0.4) is 0 Å². The lowest BCUT2D eigenvalue weighted by atomic mass is 9.86. The maximum Gasteiger partial charge on any atom is 0.306 e. The summed E-state index contributed by atoms with van der Waals surface area (Å²) in [6.07, 6.45) is 1.74. The molecule has 20 heavy (non-hydrogen) atoms. The number of hydrogen-bond donors (Lipinski definition) is 3. The Morgan fingerprint density at radius 3 is 2.90 bits per heavy atom. The van der Waals surface area contributed by atoms with Gasteiger partial charge in [0.1, 0.15) is 0 Å². The third-order valence-corrected chi connectivity index (χ3v) is 4.39. The van der Waals surface area contributed by atoms with E-state index >= 15 is 0 Å². The first-order valence-corrected chi connectivity index (χ1v) is 6.90. The van der Waals surface area contributed by atoms with Crippen molar-refractivity contribution in [3.63, 3.8) is 0 Å². The normalized spacial score (nSPS) is 26.1. The number of aliphatic hydroxyl groups excluding tert-OH is 1. The van der Waals surface area contributed by atoms with Gasteiger partial charge in [0.05, 0.1) is 18.4 Å². The van der Waals surface area contributed by atoms with Crippen molar-refractivity contribution in [1.29, 1.82) is 0 Å². The third kappa shape index (κ3) is 2.18. The fraction of sp³-hybridized carbons (Fsp3) is 0.467. The Morgan fingerprint density at radius 2 is 2.15 bits per heavy atom. The molecule has 1 amide bonds. The molecule has 5 heteroatoms. The Morgan fingerprint density at radius 1 is 1.35 bits per heavy atom. The predicted octanol–water partition coefficient (Wildman–Crippen LogP) is 1.72. The van der Waals surface area contributed by atoms with Crippen molar-refractivity contribution in [3.05, 3.63) is 29.3 Å². The number of nitrogens with one attached hydrogen (secondary N) is 1. The molecular weight excluding hydrogens is 258 g/mol. The highest BCUT2D eigenvalue weighted by Gasteiger charge is 2.38. The van der Waals surface area contributed by atoms with Crippen molar-refractivity contribution in [1.82, 2.24) is 0 Å². The van der Waals surface area contributed by atoms with Crippen LogP contribution in [-0.4, -0.2) is 22.1 Å². The standard InChI is InChI=1S/C15H17NO4/c17-13-7-9-6-8(4-5-12(9)16-13)14(18)10-2-1-3-11(10)15(19)20/h4-6,10-11,14,18H,1-3,7H2,(H,16,17)(H,19,20). The van der Waals surface area contributed by atoms with E-state index in [0.717, 1.165) is 24.1 Å². The van der Waals surface area contributed by atoms with E-state index in [2.05, 4.69) is 5.32 Å². The molecule has 106 valence electrons. The fourth-order valence-electron chi connectivity index (χ4n) is 3.35. The van der Waals surface area contributed by atoms with Crippen LogP contribution in [0.5, 0.6) is 0 Å². The summed E-state index contributed by atoms with van der Waals surface area (Å²) in [5.41, 5.74) is 2.36. The van der Waals surface area contributed by atoms with Gasteiger partial charge in [-0.15, -0.1) is 0 Å². The van der Waals surface area contributed by atoms with Crippen molar-refractivity contribution in [3.8, 4) is 0 Å². The lowest BCUT2D eigenvalue weighted by Gasteiger charge is -2.23. The molecule has 1 saturated carbocycles. The number of carbonyl (C=O) groups excluding carboxylic acids is 1. The number of aliphatic hydroxyl groups is 1. The van der Waals surface area contributed by atoms with E-state index in [4.69, 9.17) is 0 Å². The number of carboxylic acid groups (broad SMARTS) is 1. The number of amides is 1. The highest BCUT2D eigenvalue weighted by Crippen LogP contribution is 2.41. The second-order valence-corrected chi connectivity index (χ2v) is 5.63. The number of anilines is 1. The van der Waals surface area contributed by atoms with Gasteiger partial charge >= 0.3 is 5.97 Å². The van der Waals surface area contributed by atoms with Crippen LogP contribution in [0.2, 0.25) is 0 Å². The molecule has 3 unspecified atom stereocenters. The van der Waals surface area contributed by atoms with Crippen LogP contribution in [0.15, 0.2) is 18.2 Å². The summed E-state index contributed by atoms with van der Waals surface area (Å²) in [7, 11) is 0. The Kier molecular flexibility index (Phi) is 3.22. The Labute approximate surface area is 116 Å². The van der Waals surface area contributed by atoms with E-state index in [1.165, 1.54) is 0 Å². The molecule has 1 aromatic carbocycles. The quantitative estimate of drug-likeness (QED) is 0.784. The molecule has 0 spiro atoms. The summed E-state index contributed by atoms with van der Waals surface area (Å²) in [6.45, 7) is 0. The van der Waals surface area contributed by atoms with Gasteiger partial charge in [0.25, 0.3) is 0 Å². The van der Waals surface area contributed by atoms with Gasteiger partial charge in [-0.1, -0.05) is 18.6 Å². The summed E-state index contributed by atoms with van der Waals surface area (Å²) >= 11 is 0. The van der Waals surface area contributed by atoms with E-state index < -0.39 is 18.0 Å². The van der Waals surface area contributed by atoms with Crippen LogP contribution < -0.4 is 5.32 Å². The molecule has 0 radical (unpaired) electrons. The molecule has 1 fully saturated rings. The minimum atomic E-state index is -0.829. The van der Waals surface area contributed by atoms with E-state index in [1.54, 1.807) is 12.1 Å². The number of aliphatic carboxylic acids is 1. The number of carboxylic acids is 1. The predicted molar refractivity (Wildman–Crippen MR) is 72.2 cm³/mol. The molecule has 2 aliphatic rings. The first-order chi connectivity index (χ1) is 9.56. The van der Waals surface area contributed by atoms with Crippen molar-refractivity contribution < 1.29 is 19.8 Å². The zero-order valence-electron chi connectivity index (χ0n) is 11.0. The molecular formula is C15H17NO4. The van der Waals surface area contributed by atoms with Gasteiger partial charge in [-0.25, -0.2) is 0 Å². The van der Waals surface area contributed by atoms with Crippen LogP contribution in [0, 0.1) is 11.8 Å². The molecule has 0 bridgehead atoms. The molecule has 0 saturated heterocycles. The van der Waals surface area contributed by atoms with Crippen LogP contribution in [0.25, 0.3) is 0 Å². The number of benzene rings is 1. The van der Waals surface area contributed by atoms with E-state index in [1.807, 2.05) is 6.07 Å². The van der Waals surface area contributed by atoms with E-state index in [9.17, 15) is 19.8 Å². The van der Waals surface area contributed by atoms with Crippen molar-refractivity contribution >= 4 is 17.6 Å². The van der Waals surface area contributed by atoms with Crippen molar-refractivity contribution in [2.45, 2.75) is 31.8 Å². The Balaban J connectivity index is 1.84. The van der Waals surface area contributed by atoms with Crippen LogP contribution in [-0.2, 0) is 16.0 Å². The molecule has 1 aliphatic carbocycles.